The van der Waals surface area contributed by atoms with Crippen LogP contribution >= 0.6 is 11.3 Å². The third-order valence-corrected chi connectivity index (χ3v) is 8.16. The predicted octanol–water partition coefficient (Wildman–Crippen LogP) is 6.70. The van der Waals surface area contributed by atoms with Gasteiger partial charge in [-0.15, -0.1) is 5.10 Å². The lowest BCUT2D eigenvalue weighted by molar-refractivity contribution is 0.288. The van der Waals surface area contributed by atoms with E-state index in [1.54, 1.807) is 13.2 Å². The molecule has 0 N–H and O–H groups in total. The SMILES string of the molecule is CCCCOc1ccc(/C=C/c2nc3s/c(=C\c4cn(-c5ccccc5)nc4-c4cccc(OCCC)c4)c(=O)n3n2)cc1OC. The van der Waals surface area contributed by atoms with Crippen LogP contribution in [-0.4, -0.2) is 44.7 Å². The third kappa shape index (κ3) is 6.87. The fourth-order valence-corrected chi connectivity index (χ4v) is 5.75. The molecule has 0 amide bonds. The number of benzene rings is 3. The van der Waals surface area contributed by atoms with Gasteiger partial charge in [0.05, 0.1) is 30.5 Å². The largest absolute Gasteiger partial charge is 0.494 e. The molecule has 9 nitrogen and oxygen atoms in total. The first-order valence-electron chi connectivity index (χ1n) is 15.3. The Morgan fingerprint density at radius 1 is 0.870 bits per heavy atom. The molecule has 0 atom stereocenters. The van der Waals surface area contributed by atoms with Gasteiger partial charge in [0.25, 0.3) is 5.56 Å². The van der Waals surface area contributed by atoms with Crippen LogP contribution in [0.15, 0.2) is 83.8 Å². The highest BCUT2D eigenvalue weighted by Crippen LogP contribution is 2.30. The van der Waals surface area contributed by atoms with Gasteiger partial charge in [0.2, 0.25) is 4.96 Å². The minimum atomic E-state index is -0.235. The molecule has 3 aromatic carbocycles. The van der Waals surface area contributed by atoms with Gasteiger partial charge in [-0.25, -0.2) is 4.68 Å². The summed E-state index contributed by atoms with van der Waals surface area (Å²) in [6.45, 7) is 5.48. The van der Waals surface area contributed by atoms with E-state index in [-0.39, 0.29) is 5.56 Å². The molecule has 234 valence electrons. The van der Waals surface area contributed by atoms with Crippen molar-refractivity contribution in [2.45, 2.75) is 33.1 Å². The molecular weight excluding hydrogens is 598 g/mol. The molecule has 0 bridgehead atoms. The molecule has 0 aliphatic rings. The van der Waals surface area contributed by atoms with Crippen molar-refractivity contribution >= 4 is 34.5 Å². The Hall–Kier alpha value is -5.22. The summed E-state index contributed by atoms with van der Waals surface area (Å²) in [6.07, 6.45) is 10.4. The van der Waals surface area contributed by atoms with Crippen LogP contribution in [0.4, 0.5) is 0 Å². The first-order chi connectivity index (χ1) is 22.6. The zero-order chi connectivity index (χ0) is 31.9. The first-order valence-corrected chi connectivity index (χ1v) is 16.2. The van der Waals surface area contributed by atoms with Crippen molar-refractivity contribution < 1.29 is 14.2 Å². The minimum Gasteiger partial charge on any atom is -0.494 e. The summed E-state index contributed by atoms with van der Waals surface area (Å²) in [6, 6.07) is 23.5. The molecule has 0 aliphatic carbocycles. The lowest BCUT2D eigenvalue weighted by Gasteiger charge is -2.10. The molecular formula is C36H35N5O4S. The van der Waals surface area contributed by atoms with Crippen molar-refractivity contribution in [1.82, 2.24) is 24.4 Å². The fourth-order valence-electron chi connectivity index (χ4n) is 4.85. The molecule has 10 heteroatoms. The van der Waals surface area contributed by atoms with Gasteiger partial charge in [-0.3, -0.25) is 4.79 Å². The smallest absolute Gasteiger partial charge is 0.291 e. The lowest BCUT2D eigenvalue weighted by Crippen LogP contribution is -2.23. The minimum absolute atomic E-state index is 0.235. The van der Waals surface area contributed by atoms with Gasteiger partial charge in [0.1, 0.15) is 11.4 Å². The number of nitrogens with zero attached hydrogens (tertiary/aromatic N) is 5. The molecule has 0 radical (unpaired) electrons. The van der Waals surface area contributed by atoms with Crippen LogP contribution in [0.1, 0.15) is 50.1 Å². The van der Waals surface area contributed by atoms with E-state index in [9.17, 15) is 4.79 Å². The number of thiazole rings is 1. The van der Waals surface area contributed by atoms with E-state index in [4.69, 9.17) is 19.3 Å². The van der Waals surface area contributed by atoms with Crippen molar-refractivity contribution in [2.75, 3.05) is 20.3 Å². The van der Waals surface area contributed by atoms with E-state index in [0.29, 0.717) is 40.0 Å². The number of aromatic nitrogens is 5. The topological polar surface area (TPSA) is 92.8 Å². The normalized spacial score (nSPS) is 11.9. The predicted molar refractivity (Wildman–Crippen MR) is 183 cm³/mol. The average Bonchev–Trinajstić information content (AvgIpc) is 3.78. The summed E-state index contributed by atoms with van der Waals surface area (Å²) >= 11 is 1.29. The number of para-hydroxylation sites is 1. The van der Waals surface area contributed by atoms with E-state index in [0.717, 1.165) is 53.1 Å². The van der Waals surface area contributed by atoms with E-state index in [1.807, 2.05) is 95.8 Å². The van der Waals surface area contributed by atoms with Crippen LogP contribution < -0.4 is 24.3 Å². The monoisotopic (exact) mass is 633 g/mol. The standard InChI is InChI=1S/C36H35N5O4S/c1-4-6-20-45-30-17-15-25(21-31(30)43-3)16-18-33-37-36-41(38-33)35(42)32(46-36)23-27-24-40(28-12-8-7-9-13-28)39-34(27)26-11-10-14-29(22-26)44-19-5-2/h7-18,21-24H,4-6,19-20H2,1-3H3/b18-16+,32-23-. The van der Waals surface area contributed by atoms with E-state index < -0.39 is 0 Å². The molecule has 6 aromatic rings. The fraction of sp³-hybridized carbons (Fsp3) is 0.222. The van der Waals surface area contributed by atoms with Crippen LogP contribution in [0.5, 0.6) is 17.2 Å². The number of hydrogen-bond donors (Lipinski definition) is 0. The molecule has 3 aromatic heterocycles. The number of fused-ring (bicyclic) bond motifs is 1. The quantitative estimate of drug-likeness (QED) is 0.131. The molecule has 0 spiro atoms. The average molecular weight is 634 g/mol. The molecule has 0 aliphatic heterocycles. The summed E-state index contributed by atoms with van der Waals surface area (Å²) in [5.74, 6) is 2.59. The summed E-state index contributed by atoms with van der Waals surface area (Å²) in [4.78, 5) is 18.6. The Kier molecular flexibility index (Phi) is 9.54. The van der Waals surface area contributed by atoms with E-state index >= 15 is 0 Å². The van der Waals surface area contributed by atoms with Gasteiger partial charge in [-0.05, 0) is 67.0 Å². The Labute approximate surface area is 271 Å². The van der Waals surface area contributed by atoms with Gasteiger partial charge >= 0.3 is 0 Å². The maximum absolute atomic E-state index is 13.5. The van der Waals surface area contributed by atoms with E-state index in [1.165, 1.54) is 15.9 Å². The molecule has 46 heavy (non-hydrogen) atoms. The van der Waals surface area contributed by atoms with Crippen molar-refractivity contribution in [2.24, 2.45) is 0 Å². The van der Waals surface area contributed by atoms with Crippen LogP contribution in [0.25, 0.3) is 40.1 Å². The van der Waals surface area contributed by atoms with Crippen LogP contribution in [-0.2, 0) is 0 Å². The molecule has 0 fully saturated rings. The number of unbranched alkanes of at least 4 members (excludes halogenated alkanes) is 1. The first kappa shape index (κ1) is 30.8. The van der Waals surface area contributed by atoms with Crippen molar-refractivity contribution in [1.29, 1.82) is 0 Å². The zero-order valence-corrected chi connectivity index (χ0v) is 26.9. The lowest BCUT2D eigenvalue weighted by atomic mass is 10.1. The van der Waals surface area contributed by atoms with E-state index in [2.05, 4.69) is 23.9 Å². The molecule has 3 heterocycles. The van der Waals surface area contributed by atoms with Gasteiger partial charge in [-0.2, -0.15) is 14.6 Å². The second-order valence-corrected chi connectivity index (χ2v) is 11.6. The van der Waals surface area contributed by atoms with Gasteiger partial charge < -0.3 is 14.2 Å². The van der Waals surface area contributed by atoms with Crippen molar-refractivity contribution in [3.63, 3.8) is 0 Å². The van der Waals surface area contributed by atoms with Gasteiger partial charge in [-0.1, -0.05) is 74.1 Å². The Balaban J connectivity index is 1.31. The Bertz CT molecular complexity index is 2080. The highest BCUT2D eigenvalue weighted by molar-refractivity contribution is 7.15. The third-order valence-electron chi connectivity index (χ3n) is 7.20. The van der Waals surface area contributed by atoms with Crippen molar-refractivity contribution in [3.05, 3.63) is 111 Å². The highest BCUT2D eigenvalue weighted by Gasteiger charge is 2.15. The maximum atomic E-state index is 13.5. The molecule has 0 saturated heterocycles. The number of hydrogen-bond acceptors (Lipinski definition) is 8. The molecule has 0 saturated carbocycles. The van der Waals surface area contributed by atoms with Gasteiger partial charge in [0, 0.05) is 17.3 Å². The van der Waals surface area contributed by atoms with Crippen molar-refractivity contribution in [3.8, 4) is 34.2 Å². The zero-order valence-electron chi connectivity index (χ0n) is 26.1. The molecule has 6 rings (SSSR count). The number of rotatable bonds is 13. The number of ether oxygens (including phenoxy) is 3. The summed E-state index contributed by atoms with van der Waals surface area (Å²) in [7, 11) is 1.62. The second-order valence-electron chi connectivity index (χ2n) is 10.6. The highest BCUT2D eigenvalue weighted by atomic mass is 32.1. The summed E-state index contributed by atoms with van der Waals surface area (Å²) in [5.41, 5.74) is 4.02. The van der Waals surface area contributed by atoms with Crippen LogP contribution in [0.2, 0.25) is 0 Å². The summed E-state index contributed by atoms with van der Waals surface area (Å²) in [5, 5.41) is 9.39. The van der Waals surface area contributed by atoms with Crippen LogP contribution in [0.3, 0.4) is 0 Å². The molecule has 0 unspecified atom stereocenters. The Morgan fingerprint density at radius 2 is 1.74 bits per heavy atom. The number of methoxy groups -OCH3 is 1. The Morgan fingerprint density at radius 3 is 2.52 bits per heavy atom. The van der Waals surface area contributed by atoms with Crippen LogP contribution in [0, 0.1) is 0 Å². The second kappa shape index (κ2) is 14.3. The summed E-state index contributed by atoms with van der Waals surface area (Å²) < 4.78 is 20.9. The maximum Gasteiger partial charge on any atom is 0.291 e. The van der Waals surface area contributed by atoms with Gasteiger partial charge in [0.15, 0.2) is 17.3 Å².